The van der Waals surface area contributed by atoms with E-state index in [1.165, 1.54) is 6.07 Å². The zero-order valence-electron chi connectivity index (χ0n) is 7.99. The number of rotatable bonds is 3. The quantitative estimate of drug-likeness (QED) is 0.858. The molecular formula is C9H9BrN2O2S. The average molecular weight is 289 g/mol. The molecule has 1 N–H and O–H groups in total. The summed E-state index contributed by atoms with van der Waals surface area (Å²) in [6.45, 7) is 1.47. The maximum absolute atomic E-state index is 11.7. The van der Waals surface area contributed by atoms with Crippen LogP contribution in [0.1, 0.15) is 5.56 Å². The number of halogens is 1. The number of aryl methyl sites for hydroxylation is 1. The van der Waals surface area contributed by atoms with Gasteiger partial charge < -0.3 is 0 Å². The Balaban J connectivity index is 3.16. The van der Waals surface area contributed by atoms with E-state index in [1.54, 1.807) is 25.1 Å². The Kier molecular flexibility index (Phi) is 3.85. The zero-order valence-corrected chi connectivity index (χ0v) is 10.4. The number of nitrogens with one attached hydrogen (secondary N) is 1. The first-order chi connectivity index (χ1) is 6.97. The molecule has 0 aromatic heterocycles. The van der Waals surface area contributed by atoms with Gasteiger partial charge in [-0.2, -0.15) is 9.98 Å². The van der Waals surface area contributed by atoms with Crippen molar-refractivity contribution in [3.63, 3.8) is 0 Å². The molecule has 0 aliphatic rings. The number of benzene rings is 1. The zero-order chi connectivity index (χ0) is 11.5. The summed E-state index contributed by atoms with van der Waals surface area (Å²) in [7, 11) is -3.58. The van der Waals surface area contributed by atoms with Gasteiger partial charge in [0.1, 0.15) is 0 Å². The van der Waals surface area contributed by atoms with Crippen molar-refractivity contribution in [2.75, 3.05) is 6.54 Å². The van der Waals surface area contributed by atoms with E-state index >= 15 is 0 Å². The third-order valence-electron chi connectivity index (χ3n) is 1.78. The predicted molar refractivity (Wildman–Crippen MR) is 59.7 cm³/mol. The first-order valence-corrected chi connectivity index (χ1v) is 6.38. The highest BCUT2D eigenvalue weighted by atomic mass is 79.9. The lowest BCUT2D eigenvalue weighted by molar-refractivity contribution is 0.585. The van der Waals surface area contributed by atoms with E-state index < -0.39 is 10.0 Å². The Bertz CT molecular complexity index is 505. The molecule has 1 aromatic carbocycles. The minimum Gasteiger partial charge on any atom is -0.207 e. The topological polar surface area (TPSA) is 70.0 Å². The standard InChI is InChI=1S/C9H9BrN2O2S/c1-7-2-3-8(10)6-9(7)15(13,14)12-5-4-11/h2-3,6,12H,5H2,1H3. The lowest BCUT2D eigenvalue weighted by Gasteiger charge is -2.07. The highest BCUT2D eigenvalue weighted by Gasteiger charge is 2.16. The fourth-order valence-electron chi connectivity index (χ4n) is 1.07. The van der Waals surface area contributed by atoms with Crippen LogP contribution in [0, 0.1) is 18.3 Å². The van der Waals surface area contributed by atoms with Crippen molar-refractivity contribution in [2.45, 2.75) is 11.8 Å². The second kappa shape index (κ2) is 4.75. The molecule has 1 aromatic rings. The van der Waals surface area contributed by atoms with E-state index in [-0.39, 0.29) is 11.4 Å². The summed E-state index contributed by atoms with van der Waals surface area (Å²) < 4.78 is 26.2. The van der Waals surface area contributed by atoms with Gasteiger partial charge in [-0.3, -0.25) is 0 Å². The van der Waals surface area contributed by atoms with Gasteiger partial charge >= 0.3 is 0 Å². The summed E-state index contributed by atoms with van der Waals surface area (Å²) in [5.41, 5.74) is 0.642. The van der Waals surface area contributed by atoms with Crippen LogP contribution in [0.2, 0.25) is 0 Å². The number of nitrogens with zero attached hydrogens (tertiary/aromatic N) is 1. The Morgan fingerprint density at radius 3 is 2.80 bits per heavy atom. The summed E-state index contributed by atoms with van der Waals surface area (Å²) in [6, 6.07) is 6.70. The van der Waals surface area contributed by atoms with Crippen LogP contribution in [-0.4, -0.2) is 15.0 Å². The van der Waals surface area contributed by atoms with E-state index in [0.29, 0.717) is 10.0 Å². The van der Waals surface area contributed by atoms with Gasteiger partial charge in [-0.25, -0.2) is 8.42 Å². The van der Waals surface area contributed by atoms with Gasteiger partial charge in [0, 0.05) is 4.47 Å². The fraction of sp³-hybridized carbons (Fsp3) is 0.222. The number of hydrogen-bond acceptors (Lipinski definition) is 3. The molecule has 0 atom stereocenters. The highest BCUT2D eigenvalue weighted by Crippen LogP contribution is 2.20. The molecule has 6 heteroatoms. The first-order valence-electron chi connectivity index (χ1n) is 4.10. The third kappa shape index (κ3) is 3.02. The van der Waals surface area contributed by atoms with Crippen molar-refractivity contribution in [3.8, 4) is 6.07 Å². The summed E-state index contributed by atoms with van der Waals surface area (Å²) in [5.74, 6) is 0. The van der Waals surface area contributed by atoms with Gasteiger partial charge in [0.05, 0.1) is 17.5 Å². The van der Waals surface area contributed by atoms with Crippen LogP contribution in [0.4, 0.5) is 0 Å². The third-order valence-corrected chi connectivity index (χ3v) is 3.82. The van der Waals surface area contributed by atoms with E-state index in [4.69, 9.17) is 5.26 Å². The maximum Gasteiger partial charge on any atom is 0.241 e. The monoisotopic (exact) mass is 288 g/mol. The van der Waals surface area contributed by atoms with Crippen molar-refractivity contribution in [1.29, 1.82) is 5.26 Å². The van der Waals surface area contributed by atoms with Gasteiger partial charge in [0.25, 0.3) is 0 Å². The van der Waals surface area contributed by atoms with Crippen LogP contribution in [0.3, 0.4) is 0 Å². The fourth-order valence-corrected chi connectivity index (χ4v) is 2.77. The van der Waals surface area contributed by atoms with Gasteiger partial charge in [-0.1, -0.05) is 22.0 Å². The molecule has 0 amide bonds. The Hall–Kier alpha value is -0.900. The Labute approximate surface area is 97.1 Å². The minimum absolute atomic E-state index is 0.187. The molecular weight excluding hydrogens is 280 g/mol. The SMILES string of the molecule is Cc1ccc(Br)cc1S(=O)(=O)NCC#N. The second-order valence-corrected chi connectivity index (χ2v) is 5.54. The largest absolute Gasteiger partial charge is 0.241 e. The predicted octanol–water partition coefficient (Wildman–Crippen LogP) is 1.56. The van der Waals surface area contributed by atoms with Gasteiger partial charge in [0.15, 0.2) is 0 Å². The molecule has 0 saturated heterocycles. The molecule has 0 radical (unpaired) electrons. The van der Waals surface area contributed by atoms with Crippen LogP contribution >= 0.6 is 15.9 Å². The molecule has 0 aliphatic heterocycles. The van der Waals surface area contributed by atoms with Crippen molar-refractivity contribution in [1.82, 2.24) is 4.72 Å². The van der Waals surface area contributed by atoms with Crippen LogP contribution in [0.25, 0.3) is 0 Å². The van der Waals surface area contributed by atoms with Crippen molar-refractivity contribution >= 4 is 26.0 Å². The summed E-state index contributed by atoms with van der Waals surface area (Å²) >= 11 is 3.20. The molecule has 0 fully saturated rings. The lowest BCUT2D eigenvalue weighted by Crippen LogP contribution is -2.24. The number of nitriles is 1. The Morgan fingerprint density at radius 1 is 1.53 bits per heavy atom. The van der Waals surface area contributed by atoms with Crippen molar-refractivity contribution in [2.24, 2.45) is 0 Å². The smallest absolute Gasteiger partial charge is 0.207 e. The lowest BCUT2D eigenvalue weighted by atomic mass is 10.2. The van der Waals surface area contributed by atoms with E-state index in [1.807, 2.05) is 0 Å². The molecule has 0 saturated carbocycles. The van der Waals surface area contributed by atoms with Gasteiger partial charge in [0.2, 0.25) is 10.0 Å². The van der Waals surface area contributed by atoms with E-state index in [2.05, 4.69) is 20.7 Å². The van der Waals surface area contributed by atoms with Crippen LogP contribution in [0.15, 0.2) is 27.6 Å². The average Bonchev–Trinajstić information content (AvgIpc) is 2.18. The Morgan fingerprint density at radius 2 is 2.20 bits per heavy atom. The van der Waals surface area contributed by atoms with Crippen LogP contribution < -0.4 is 4.72 Å². The molecule has 0 bridgehead atoms. The van der Waals surface area contributed by atoms with Crippen molar-refractivity contribution < 1.29 is 8.42 Å². The van der Waals surface area contributed by atoms with Crippen LogP contribution in [0.5, 0.6) is 0 Å². The second-order valence-electron chi connectivity index (χ2n) is 2.89. The molecule has 4 nitrogen and oxygen atoms in total. The number of sulfonamides is 1. The first kappa shape index (κ1) is 12.2. The van der Waals surface area contributed by atoms with Gasteiger partial charge in [-0.15, -0.1) is 0 Å². The molecule has 15 heavy (non-hydrogen) atoms. The van der Waals surface area contributed by atoms with Crippen LogP contribution in [-0.2, 0) is 10.0 Å². The van der Waals surface area contributed by atoms with E-state index in [0.717, 1.165) is 0 Å². The molecule has 80 valence electrons. The normalized spacial score (nSPS) is 11.0. The molecule has 0 aliphatic carbocycles. The molecule has 1 rings (SSSR count). The molecule has 0 unspecified atom stereocenters. The summed E-state index contributed by atoms with van der Waals surface area (Å²) in [4.78, 5) is 0.187. The maximum atomic E-state index is 11.7. The molecule has 0 spiro atoms. The highest BCUT2D eigenvalue weighted by molar-refractivity contribution is 9.10. The van der Waals surface area contributed by atoms with Gasteiger partial charge in [-0.05, 0) is 24.6 Å². The summed E-state index contributed by atoms with van der Waals surface area (Å²) in [6.07, 6.45) is 0. The van der Waals surface area contributed by atoms with E-state index in [9.17, 15) is 8.42 Å². The summed E-state index contributed by atoms with van der Waals surface area (Å²) in [5, 5.41) is 8.31. The minimum atomic E-state index is -3.58. The van der Waals surface area contributed by atoms with Crippen molar-refractivity contribution in [3.05, 3.63) is 28.2 Å². The molecule has 0 heterocycles. The number of hydrogen-bond donors (Lipinski definition) is 1.